The zero-order valence-electron chi connectivity index (χ0n) is 17.4. The minimum absolute atomic E-state index is 0.0245. The van der Waals surface area contributed by atoms with Crippen molar-refractivity contribution < 1.29 is 19.4 Å². The predicted octanol–water partition coefficient (Wildman–Crippen LogP) is 2.27. The lowest BCUT2D eigenvalue weighted by Gasteiger charge is -2.37. The number of urea groups is 1. The van der Waals surface area contributed by atoms with E-state index in [2.05, 4.69) is 26.1 Å². The molecule has 0 bridgehead atoms. The fourth-order valence-electron chi connectivity index (χ4n) is 4.23. The molecule has 2 amide bonds. The summed E-state index contributed by atoms with van der Waals surface area (Å²) in [6.45, 7) is 9.78. The Bertz CT molecular complexity index is 498. The second-order valence-electron chi connectivity index (χ2n) is 9.30. The SMILES string of the molecule is CN(CC(=O)O)CC1CN(C(=O)NCC2CCC(C(C)(C)C)CC2)CCO1. The number of carbonyl (C=O) groups excluding carboxylic acids is 1. The molecule has 1 unspecified atom stereocenters. The smallest absolute Gasteiger partial charge is 0.317 e. The third-order valence-electron chi connectivity index (χ3n) is 5.96. The number of morpholine rings is 1. The van der Waals surface area contributed by atoms with E-state index in [-0.39, 0.29) is 18.7 Å². The first-order valence-corrected chi connectivity index (χ1v) is 10.2. The standard InChI is InChI=1S/C20H37N3O4/c1-20(2,3)16-7-5-15(6-8-16)11-21-19(26)23-9-10-27-17(13-23)12-22(4)14-18(24)25/h15-17H,5-14H2,1-4H3,(H,21,26)(H,24,25). The van der Waals surface area contributed by atoms with Crippen molar-refractivity contribution in [2.75, 3.05) is 46.4 Å². The van der Waals surface area contributed by atoms with Crippen LogP contribution < -0.4 is 5.32 Å². The quantitative estimate of drug-likeness (QED) is 0.735. The number of aliphatic carboxylic acids is 1. The molecule has 2 rings (SSSR count). The molecule has 1 aliphatic carbocycles. The van der Waals surface area contributed by atoms with E-state index in [1.54, 1.807) is 16.8 Å². The Morgan fingerprint density at radius 2 is 1.89 bits per heavy atom. The van der Waals surface area contributed by atoms with E-state index in [0.29, 0.717) is 37.6 Å². The van der Waals surface area contributed by atoms with E-state index in [0.717, 1.165) is 12.5 Å². The highest BCUT2D eigenvalue weighted by atomic mass is 16.5. The van der Waals surface area contributed by atoms with E-state index >= 15 is 0 Å². The first-order valence-electron chi connectivity index (χ1n) is 10.2. The summed E-state index contributed by atoms with van der Waals surface area (Å²) in [4.78, 5) is 26.8. The summed E-state index contributed by atoms with van der Waals surface area (Å²) in [6.07, 6.45) is 4.73. The summed E-state index contributed by atoms with van der Waals surface area (Å²) >= 11 is 0. The Kier molecular flexibility index (Phi) is 7.91. The van der Waals surface area contributed by atoms with Crippen LogP contribution in [0.1, 0.15) is 46.5 Å². The van der Waals surface area contributed by atoms with Gasteiger partial charge in [0.2, 0.25) is 0 Å². The first-order chi connectivity index (χ1) is 12.6. The number of carboxylic acids is 1. The van der Waals surface area contributed by atoms with Crippen molar-refractivity contribution in [3.63, 3.8) is 0 Å². The van der Waals surface area contributed by atoms with Crippen LogP contribution in [0.3, 0.4) is 0 Å². The third kappa shape index (κ3) is 7.30. The zero-order chi connectivity index (χ0) is 20.0. The predicted molar refractivity (Wildman–Crippen MR) is 105 cm³/mol. The summed E-state index contributed by atoms with van der Waals surface area (Å²) in [7, 11) is 1.75. The lowest BCUT2D eigenvalue weighted by atomic mass is 9.70. The minimum atomic E-state index is -0.857. The maximum atomic E-state index is 12.5. The summed E-state index contributed by atoms with van der Waals surface area (Å²) in [5.74, 6) is 0.502. The van der Waals surface area contributed by atoms with E-state index < -0.39 is 5.97 Å². The Labute approximate surface area is 163 Å². The van der Waals surface area contributed by atoms with Gasteiger partial charge in [-0.25, -0.2) is 4.79 Å². The molecule has 2 N–H and O–H groups in total. The second kappa shape index (κ2) is 9.73. The van der Waals surface area contributed by atoms with Crippen LogP contribution in [0.15, 0.2) is 0 Å². The number of nitrogens with one attached hydrogen (secondary N) is 1. The number of ether oxygens (including phenoxy) is 1. The highest BCUT2D eigenvalue weighted by Gasteiger charge is 2.30. The van der Waals surface area contributed by atoms with Gasteiger partial charge in [-0.1, -0.05) is 20.8 Å². The molecule has 1 saturated carbocycles. The Balaban J connectivity index is 1.70. The van der Waals surface area contributed by atoms with Crippen molar-refractivity contribution >= 4 is 12.0 Å². The van der Waals surface area contributed by atoms with Crippen molar-refractivity contribution in [3.8, 4) is 0 Å². The zero-order valence-corrected chi connectivity index (χ0v) is 17.4. The fraction of sp³-hybridized carbons (Fsp3) is 0.900. The number of hydrogen-bond donors (Lipinski definition) is 2. The minimum Gasteiger partial charge on any atom is -0.480 e. The lowest BCUT2D eigenvalue weighted by molar-refractivity contribution is -0.138. The Morgan fingerprint density at radius 1 is 1.22 bits per heavy atom. The monoisotopic (exact) mass is 383 g/mol. The summed E-state index contributed by atoms with van der Waals surface area (Å²) in [6, 6.07) is -0.0258. The average Bonchev–Trinajstić information content (AvgIpc) is 2.58. The van der Waals surface area contributed by atoms with Crippen LogP contribution in [0.5, 0.6) is 0 Å². The molecule has 2 fully saturated rings. The van der Waals surface area contributed by atoms with Gasteiger partial charge in [0.1, 0.15) is 0 Å². The largest absolute Gasteiger partial charge is 0.480 e. The van der Waals surface area contributed by atoms with Crippen LogP contribution in [0, 0.1) is 17.3 Å². The van der Waals surface area contributed by atoms with Crippen LogP contribution >= 0.6 is 0 Å². The van der Waals surface area contributed by atoms with Crippen LogP contribution in [0.25, 0.3) is 0 Å². The number of carboxylic acid groups (broad SMARTS) is 1. The van der Waals surface area contributed by atoms with E-state index in [1.165, 1.54) is 25.7 Å². The van der Waals surface area contributed by atoms with Gasteiger partial charge in [-0.2, -0.15) is 0 Å². The van der Waals surface area contributed by atoms with Gasteiger partial charge in [0, 0.05) is 26.2 Å². The lowest BCUT2D eigenvalue weighted by Crippen LogP contribution is -2.53. The maximum Gasteiger partial charge on any atom is 0.317 e. The van der Waals surface area contributed by atoms with Crippen molar-refractivity contribution in [2.45, 2.75) is 52.6 Å². The molecule has 2 aliphatic rings. The van der Waals surface area contributed by atoms with Gasteiger partial charge in [-0.05, 0) is 50.0 Å². The number of amides is 2. The van der Waals surface area contributed by atoms with Crippen molar-refractivity contribution in [2.24, 2.45) is 17.3 Å². The number of rotatable bonds is 6. The highest BCUT2D eigenvalue weighted by Crippen LogP contribution is 2.39. The van der Waals surface area contributed by atoms with Gasteiger partial charge in [-0.3, -0.25) is 9.69 Å². The summed E-state index contributed by atoms with van der Waals surface area (Å²) < 4.78 is 5.69. The van der Waals surface area contributed by atoms with E-state index in [9.17, 15) is 9.59 Å². The molecule has 1 aliphatic heterocycles. The fourth-order valence-corrected chi connectivity index (χ4v) is 4.23. The van der Waals surface area contributed by atoms with Crippen LogP contribution in [-0.2, 0) is 9.53 Å². The molecule has 156 valence electrons. The molecule has 27 heavy (non-hydrogen) atoms. The molecule has 0 aromatic carbocycles. The van der Waals surface area contributed by atoms with Gasteiger partial charge in [0.05, 0.1) is 19.3 Å². The second-order valence-corrected chi connectivity index (χ2v) is 9.30. The number of carbonyl (C=O) groups is 2. The first kappa shape index (κ1) is 22.0. The summed E-state index contributed by atoms with van der Waals surface area (Å²) in [5.41, 5.74) is 0.380. The van der Waals surface area contributed by atoms with Crippen LogP contribution in [-0.4, -0.2) is 79.4 Å². The van der Waals surface area contributed by atoms with Crippen molar-refractivity contribution in [1.29, 1.82) is 0 Å². The third-order valence-corrected chi connectivity index (χ3v) is 5.96. The molecule has 7 heteroatoms. The van der Waals surface area contributed by atoms with Gasteiger partial charge in [0.15, 0.2) is 0 Å². The molecular weight excluding hydrogens is 346 g/mol. The van der Waals surface area contributed by atoms with Gasteiger partial charge < -0.3 is 20.1 Å². The molecule has 1 atom stereocenters. The van der Waals surface area contributed by atoms with Crippen LogP contribution in [0.4, 0.5) is 4.79 Å². The molecule has 1 saturated heterocycles. The topological polar surface area (TPSA) is 82.1 Å². The van der Waals surface area contributed by atoms with E-state index in [1.807, 2.05) is 0 Å². The number of likely N-dealkylation sites (N-methyl/N-ethyl adjacent to an activating group) is 1. The molecule has 1 heterocycles. The number of hydrogen-bond acceptors (Lipinski definition) is 4. The number of nitrogens with zero attached hydrogens (tertiary/aromatic N) is 2. The summed E-state index contributed by atoms with van der Waals surface area (Å²) in [5, 5.41) is 12.0. The Morgan fingerprint density at radius 3 is 2.48 bits per heavy atom. The average molecular weight is 384 g/mol. The van der Waals surface area contributed by atoms with Gasteiger partial charge in [-0.15, -0.1) is 0 Å². The maximum absolute atomic E-state index is 12.5. The molecule has 0 aromatic heterocycles. The van der Waals surface area contributed by atoms with Crippen molar-refractivity contribution in [1.82, 2.24) is 15.1 Å². The van der Waals surface area contributed by atoms with Crippen molar-refractivity contribution in [3.05, 3.63) is 0 Å². The Hall–Kier alpha value is -1.34. The molecule has 0 radical (unpaired) electrons. The van der Waals surface area contributed by atoms with Crippen LogP contribution in [0.2, 0.25) is 0 Å². The molecule has 0 spiro atoms. The molecular formula is C20H37N3O4. The van der Waals surface area contributed by atoms with Gasteiger partial charge in [0.25, 0.3) is 0 Å². The normalized spacial score (nSPS) is 26.9. The molecule has 0 aromatic rings. The highest BCUT2D eigenvalue weighted by molar-refractivity contribution is 5.74. The van der Waals surface area contributed by atoms with E-state index in [4.69, 9.17) is 9.84 Å². The molecule has 7 nitrogen and oxygen atoms in total. The van der Waals surface area contributed by atoms with Gasteiger partial charge >= 0.3 is 12.0 Å².